The molecule has 2 amide bonds. The minimum absolute atomic E-state index is 0.0940. The van der Waals surface area contributed by atoms with Crippen molar-refractivity contribution in [3.8, 4) is 0 Å². The number of amides is 2. The first-order chi connectivity index (χ1) is 11.3. The molecule has 0 aromatic heterocycles. The molecule has 2 fully saturated rings. The molecule has 2 saturated heterocycles. The van der Waals surface area contributed by atoms with Crippen LogP contribution in [-0.4, -0.2) is 59.3 Å². The Balaban J connectivity index is 2.03. The quantitative estimate of drug-likeness (QED) is 0.238. The summed E-state index contributed by atoms with van der Waals surface area (Å²) in [4.78, 5) is 37.7. The van der Waals surface area contributed by atoms with Gasteiger partial charge in [0.1, 0.15) is 5.60 Å². The van der Waals surface area contributed by atoms with E-state index in [1.807, 2.05) is 0 Å². The molecule has 1 N–H and O–H groups in total. The number of carbonyl (C=O) groups excluding carboxylic acids is 3. The van der Waals surface area contributed by atoms with Crippen molar-refractivity contribution in [1.29, 1.82) is 0 Å². The number of hydrogen-bond acceptors (Lipinski definition) is 6. The number of likely N-dealkylation sites (tertiary alicyclic amines) is 1. The Morgan fingerprint density at radius 1 is 1.46 bits per heavy atom. The van der Waals surface area contributed by atoms with Crippen molar-refractivity contribution >= 4 is 17.8 Å². The van der Waals surface area contributed by atoms with E-state index in [1.165, 1.54) is 6.08 Å². The highest BCUT2D eigenvalue weighted by Crippen LogP contribution is 2.47. The summed E-state index contributed by atoms with van der Waals surface area (Å²) in [5, 5.41) is 9.65. The third kappa shape index (κ3) is 2.89. The molecular formula is C17H23NO6. The second-order valence-electron chi connectivity index (χ2n) is 6.24. The van der Waals surface area contributed by atoms with Crippen LogP contribution in [0.15, 0.2) is 24.8 Å². The van der Waals surface area contributed by atoms with Crippen LogP contribution in [-0.2, 0) is 23.9 Å². The van der Waals surface area contributed by atoms with Crippen LogP contribution >= 0.6 is 0 Å². The largest absolute Gasteiger partial charge is 0.462 e. The van der Waals surface area contributed by atoms with Crippen LogP contribution in [0.25, 0.3) is 0 Å². The van der Waals surface area contributed by atoms with Crippen LogP contribution in [0.4, 0.5) is 0 Å². The number of hydrogen-bond donors (Lipinski definition) is 1. The average Bonchev–Trinajstić information content (AvgIpc) is 2.99. The SMILES string of the molecule is C=CC1(CO)OC(C)C2C(=O)N(CCCOC(=O)C(=C)C)C(=O)C21. The van der Waals surface area contributed by atoms with Gasteiger partial charge in [0.2, 0.25) is 11.8 Å². The van der Waals surface area contributed by atoms with Crippen LogP contribution in [0.1, 0.15) is 20.3 Å². The van der Waals surface area contributed by atoms with Crippen LogP contribution in [0.2, 0.25) is 0 Å². The summed E-state index contributed by atoms with van der Waals surface area (Å²) in [6.07, 6.45) is 1.26. The number of aliphatic hydroxyl groups is 1. The Kier molecular flexibility index (Phi) is 5.25. The Morgan fingerprint density at radius 3 is 2.67 bits per heavy atom. The van der Waals surface area contributed by atoms with Crippen molar-refractivity contribution < 1.29 is 29.0 Å². The number of ether oxygens (including phenoxy) is 2. The highest BCUT2D eigenvalue weighted by Gasteiger charge is 2.64. The lowest BCUT2D eigenvalue weighted by molar-refractivity contribution is -0.147. The van der Waals surface area contributed by atoms with E-state index in [2.05, 4.69) is 13.2 Å². The molecule has 0 aliphatic carbocycles. The lowest BCUT2D eigenvalue weighted by Gasteiger charge is -2.28. The van der Waals surface area contributed by atoms with Crippen LogP contribution in [0.5, 0.6) is 0 Å². The second kappa shape index (κ2) is 6.86. The molecule has 0 saturated carbocycles. The summed E-state index contributed by atoms with van der Waals surface area (Å²) in [6.45, 7) is 10.2. The van der Waals surface area contributed by atoms with Crippen molar-refractivity contribution in [2.24, 2.45) is 11.8 Å². The zero-order valence-electron chi connectivity index (χ0n) is 14.0. The van der Waals surface area contributed by atoms with Gasteiger partial charge in [-0.25, -0.2) is 4.79 Å². The zero-order valence-corrected chi connectivity index (χ0v) is 14.0. The van der Waals surface area contributed by atoms with E-state index in [4.69, 9.17) is 9.47 Å². The van der Waals surface area contributed by atoms with Crippen LogP contribution in [0.3, 0.4) is 0 Å². The molecule has 2 aliphatic heterocycles. The third-order valence-corrected chi connectivity index (χ3v) is 4.58. The van der Waals surface area contributed by atoms with Gasteiger partial charge < -0.3 is 14.6 Å². The number of nitrogens with zero attached hydrogens (tertiary/aromatic N) is 1. The topological polar surface area (TPSA) is 93.1 Å². The molecular weight excluding hydrogens is 314 g/mol. The standard InChI is InChI=1S/C17H23NO6/c1-5-17(9-19)13-12(11(4)24-17)14(20)18(15(13)21)7-6-8-23-16(22)10(2)3/h5,11-13,19H,1-2,6-9H2,3-4H3. The van der Waals surface area contributed by atoms with Gasteiger partial charge in [-0.05, 0) is 20.3 Å². The minimum atomic E-state index is -1.22. The summed E-state index contributed by atoms with van der Waals surface area (Å²) in [6, 6.07) is 0. The van der Waals surface area contributed by atoms with Crippen molar-refractivity contribution in [2.45, 2.75) is 32.0 Å². The highest BCUT2D eigenvalue weighted by molar-refractivity contribution is 6.06. The van der Waals surface area contributed by atoms with Gasteiger partial charge in [-0.1, -0.05) is 12.7 Å². The first-order valence-corrected chi connectivity index (χ1v) is 7.89. The predicted octanol–water partition coefficient (Wildman–Crippen LogP) is 0.433. The molecule has 0 aromatic rings. The van der Waals surface area contributed by atoms with Gasteiger partial charge in [-0.3, -0.25) is 14.5 Å². The Hall–Kier alpha value is -1.99. The van der Waals surface area contributed by atoms with E-state index in [0.717, 1.165) is 4.90 Å². The molecule has 7 nitrogen and oxygen atoms in total. The molecule has 132 valence electrons. The third-order valence-electron chi connectivity index (χ3n) is 4.58. The Bertz CT molecular complexity index is 586. The van der Waals surface area contributed by atoms with E-state index < -0.39 is 36.1 Å². The lowest BCUT2D eigenvalue weighted by Crippen LogP contribution is -2.44. The molecule has 4 atom stereocenters. The molecule has 2 rings (SSSR count). The van der Waals surface area contributed by atoms with Crippen molar-refractivity contribution in [3.05, 3.63) is 24.8 Å². The van der Waals surface area contributed by atoms with E-state index in [-0.39, 0.29) is 25.0 Å². The first kappa shape index (κ1) is 18.4. The number of aliphatic hydroxyl groups excluding tert-OH is 1. The fourth-order valence-electron chi connectivity index (χ4n) is 3.34. The fourth-order valence-corrected chi connectivity index (χ4v) is 3.34. The summed E-state index contributed by atoms with van der Waals surface area (Å²) in [5.41, 5.74) is -0.930. The maximum atomic E-state index is 12.7. The van der Waals surface area contributed by atoms with Gasteiger partial charge in [-0.15, -0.1) is 6.58 Å². The van der Waals surface area contributed by atoms with Crippen LogP contribution < -0.4 is 0 Å². The number of esters is 1. The number of carbonyl (C=O) groups is 3. The van der Waals surface area contributed by atoms with Gasteiger partial charge >= 0.3 is 5.97 Å². The van der Waals surface area contributed by atoms with Crippen molar-refractivity contribution in [3.63, 3.8) is 0 Å². The maximum Gasteiger partial charge on any atom is 0.333 e. The van der Waals surface area contributed by atoms with Gasteiger partial charge in [0.05, 0.1) is 31.2 Å². The van der Waals surface area contributed by atoms with E-state index in [9.17, 15) is 19.5 Å². The Labute approximate surface area is 140 Å². The van der Waals surface area contributed by atoms with Gasteiger partial charge in [0.15, 0.2) is 0 Å². The van der Waals surface area contributed by atoms with Gasteiger partial charge in [-0.2, -0.15) is 0 Å². The lowest BCUT2D eigenvalue weighted by atomic mass is 9.81. The zero-order chi connectivity index (χ0) is 18.1. The number of imide groups is 1. The molecule has 4 unspecified atom stereocenters. The van der Waals surface area contributed by atoms with Gasteiger partial charge in [0.25, 0.3) is 0 Å². The fraction of sp³-hybridized carbons (Fsp3) is 0.588. The summed E-state index contributed by atoms with van der Waals surface area (Å²) in [5.74, 6) is -2.59. The minimum Gasteiger partial charge on any atom is -0.462 e. The van der Waals surface area contributed by atoms with Crippen molar-refractivity contribution in [2.75, 3.05) is 19.8 Å². The molecule has 7 heteroatoms. The Morgan fingerprint density at radius 2 is 2.12 bits per heavy atom. The molecule has 0 aromatic carbocycles. The number of fused-ring (bicyclic) bond motifs is 1. The predicted molar refractivity (Wildman–Crippen MR) is 84.7 cm³/mol. The molecule has 2 heterocycles. The summed E-state index contributed by atoms with van der Waals surface area (Å²) >= 11 is 0. The normalized spacial score (nSPS) is 32.0. The molecule has 0 radical (unpaired) electrons. The average molecular weight is 337 g/mol. The highest BCUT2D eigenvalue weighted by atomic mass is 16.5. The van der Waals surface area contributed by atoms with Gasteiger partial charge in [0, 0.05) is 12.1 Å². The summed E-state index contributed by atoms with van der Waals surface area (Å²) in [7, 11) is 0. The van der Waals surface area contributed by atoms with E-state index >= 15 is 0 Å². The number of rotatable bonds is 7. The smallest absolute Gasteiger partial charge is 0.333 e. The monoisotopic (exact) mass is 337 g/mol. The van der Waals surface area contributed by atoms with E-state index in [1.54, 1.807) is 13.8 Å². The molecule has 2 aliphatic rings. The molecule has 0 bridgehead atoms. The molecule has 0 spiro atoms. The van der Waals surface area contributed by atoms with E-state index in [0.29, 0.717) is 12.0 Å². The summed E-state index contributed by atoms with van der Waals surface area (Å²) < 4.78 is 10.6. The van der Waals surface area contributed by atoms with Crippen LogP contribution in [0, 0.1) is 11.8 Å². The van der Waals surface area contributed by atoms with Crippen molar-refractivity contribution in [1.82, 2.24) is 4.90 Å². The maximum absolute atomic E-state index is 12.7. The first-order valence-electron chi connectivity index (χ1n) is 7.89. The molecule has 24 heavy (non-hydrogen) atoms. The second-order valence-corrected chi connectivity index (χ2v) is 6.24.